The van der Waals surface area contributed by atoms with E-state index in [4.69, 9.17) is 15.5 Å². The maximum absolute atomic E-state index is 8.96. The maximum Gasteiger partial charge on any atom is 0.154 e. The van der Waals surface area contributed by atoms with Crippen LogP contribution in [-0.2, 0) is 9.57 Å². The predicted molar refractivity (Wildman–Crippen MR) is 42.8 cm³/mol. The van der Waals surface area contributed by atoms with Gasteiger partial charge in [0.15, 0.2) is 6.29 Å². The molecule has 0 fully saturated rings. The third kappa shape index (κ3) is 9.68. The van der Waals surface area contributed by atoms with Crippen LogP contribution in [0.25, 0.3) is 0 Å². The molecule has 13 heavy (non-hydrogen) atoms. The van der Waals surface area contributed by atoms with Gasteiger partial charge in [0.05, 0.1) is 12.0 Å². The van der Waals surface area contributed by atoms with Crippen LogP contribution in [0.5, 0.6) is 0 Å². The molecule has 0 aliphatic heterocycles. The summed E-state index contributed by atoms with van der Waals surface area (Å²) in [5, 5.41) is 24.9. The molecule has 0 radical (unpaired) electrons. The zero-order chi connectivity index (χ0) is 10.1. The predicted octanol–water partition coefficient (Wildman–Crippen LogP) is 0.524. The van der Waals surface area contributed by atoms with Crippen LogP contribution in [0.4, 0.5) is 0 Å². The number of hydrogen-bond acceptors (Lipinski definition) is 6. The molecule has 0 saturated heterocycles. The number of unbranched alkanes of at least 4 members (excludes halogenated alkanes) is 2. The standard InChI is InChI=1S/C7H17NO5/c1-12-7(9)5-3-2-4-6-13-8(10)11/h7,9-11H,2-6H2,1H3. The van der Waals surface area contributed by atoms with Gasteiger partial charge >= 0.3 is 0 Å². The third-order valence-electron chi connectivity index (χ3n) is 1.57. The monoisotopic (exact) mass is 195 g/mol. The highest BCUT2D eigenvalue weighted by atomic mass is 17.1. The molecule has 0 rings (SSSR count). The number of ether oxygens (including phenoxy) is 1. The molecule has 0 bridgehead atoms. The summed E-state index contributed by atoms with van der Waals surface area (Å²) >= 11 is 0. The van der Waals surface area contributed by atoms with Gasteiger partial charge in [0, 0.05) is 7.11 Å². The molecule has 0 aromatic rings. The van der Waals surface area contributed by atoms with Gasteiger partial charge in [-0.15, -0.1) is 0 Å². The highest BCUT2D eigenvalue weighted by Crippen LogP contribution is 2.04. The van der Waals surface area contributed by atoms with Crippen molar-refractivity contribution in [3.8, 4) is 0 Å². The van der Waals surface area contributed by atoms with E-state index in [-0.39, 0.29) is 12.0 Å². The third-order valence-corrected chi connectivity index (χ3v) is 1.57. The van der Waals surface area contributed by atoms with Gasteiger partial charge < -0.3 is 9.84 Å². The fourth-order valence-corrected chi connectivity index (χ4v) is 0.862. The van der Waals surface area contributed by atoms with Crippen molar-refractivity contribution in [2.75, 3.05) is 13.7 Å². The summed E-state index contributed by atoms with van der Waals surface area (Å²) in [6.45, 7) is 0.246. The Labute approximate surface area is 77.2 Å². The summed E-state index contributed by atoms with van der Waals surface area (Å²) in [6.07, 6.45) is 2.24. The fraction of sp³-hybridized carbons (Fsp3) is 1.00. The van der Waals surface area contributed by atoms with E-state index in [0.29, 0.717) is 12.8 Å². The molecule has 0 aliphatic carbocycles. The Bertz CT molecular complexity index is 111. The number of nitrogens with zero attached hydrogens (tertiary/aromatic N) is 1. The van der Waals surface area contributed by atoms with Gasteiger partial charge in [-0.05, 0) is 19.3 Å². The number of rotatable bonds is 8. The lowest BCUT2D eigenvalue weighted by molar-refractivity contribution is -0.492. The molecule has 3 N–H and O–H groups in total. The summed E-state index contributed by atoms with van der Waals surface area (Å²) in [5.74, 6) is 0. The Balaban J connectivity index is 2.99. The van der Waals surface area contributed by atoms with Crippen molar-refractivity contribution in [3.63, 3.8) is 0 Å². The number of methoxy groups -OCH3 is 1. The van der Waals surface area contributed by atoms with Crippen molar-refractivity contribution in [1.82, 2.24) is 5.39 Å². The van der Waals surface area contributed by atoms with E-state index >= 15 is 0 Å². The lowest BCUT2D eigenvalue weighted by atomic mass is 10.2. The van der Waals surface area contributed by atoms with E-state index in [0.717, 1.165) is 12.8 Å². The minimum Gasteiger partial charge on any atom is -0.368 e. The first-order chi connectivity index (χ1) is 6.16. The Morgan fingerprint density at radius 1 is 1.23 bits per heavy atom. The maximum atomic E-state index is 8.96. The van der Waals surface area contributed by atoms with Gasteiger partial charge in [-0.25, -0.2) is 0 Å². The Hall–Kier alpha value is -0.240. The van der Waals surface area contributed by atoms with E-state index in [1.54, 1.807) is 0 Å². The smallest absolute Gasteiger partial charge is 0.154 e. The first-order valence-electron chi connectivity index (χ1n) is 4.18. The van der Waals surface area contributed by atoms with Crippen LogP contribution < -0.4 is 0 Å². The largest absolute Gasteiger partial charge is 0.368 e. The van der Waals surface area contributed by atoms with E-state index in [1.165, 1.54) is 7.11 Å². The lowest BCUT2D eigenvalue weighted by Gasteiger charge is -2.08. The first kappa shape index (κ1) is 12.8. The van der Waals surface area contributed by atoms with Gasteiger partial charge in [0.1, 0.15) is 0 Å². The molecule has 6 heteroatoms. The van der Waals surface area contributed by atoms with E-state index in [2.05, 4.69) is 9.57 Å². The summed E-state index contributed by atoms with van der Waals surface area (Å²) in [4.78, 5) is 4.33. The summed E-state index contributed by atoms with van der Waals surface area (Å²) < 4.78 is 4.63. The quantitative estimate of drug-likeness (QED) is 0.297. The van der Waals surface area contributed by atoms with Crippen molar-refractivity contribution >= 4 is 0 Å². The zero-order valence-corrected chi connectivity index (χ0v) is 7.72. The van der Waals surface area contributed by atoms with Crippen LogP contribution in [0.3, 0.4) is 0 Å². The topological polar surface area (TPSA) is 82.4 Å². The van der Waals surface area contributed by atoms with Gasteiger partial charge in [-0.1, -0.05) is 6.42 Å². The van der Waals surface area contributed by atoms with Gasteiger partial charge in [-0.3, -0.25) is 15.3 Å². The molecule has 6 nitrogen and oxygen atoms in total. The minimum atomic E-state index is -0.701. The second-order valence-corrected chi connectivity index (χ2v) is 2.63. The average molecular weight is 195 g/mol. The van der Waals surface area contributed by atoms with Gasteiger partial charge in [0.2, 0.25) is 0 Å². The molecule has 0 saturated carbocycles. The van der Waals surface area contributed by atoms with E-state index < -0.39 is 6.29 Å². The number of aliphatic hydroxyl groups excluding tert-OH is 1. The zero-order valence-electron chi connectivity index (χ0n) is 7.72. The molecule has 0 aliphatic rings. The molecule has 0 aromatic heterocycles. The van der Waals surface area contributed by atoms with Gasteiger partial charge in [0.25, 0.3) is 0 Å². The van der Waals surface area contributed by atoms with Crippen LogP contribution >= 0.6 is 0 Å². The average Bonchev–Trinajstić information content (AvgIpc) is 2.10. The van der Waals surface area contributed by atoms with Crippen molar-refractivity contribution in [2.24, 2.45) is 0 Å². The van der Waals surface area contributed by atoms with E-state index in [9.17, 15) is 0 Å². The van der Waals surface area contributed by atoms with Crippen molar-refractivity contribution < 1.29 is 25.1 Å². The van der Waals surface area contributed by atoms with Crippen molar-refractivity contribution in [3.05, 3.63) is 0 Å². The van der Waals surface area contributed by atoms with Gasteiger partial charge in [-0.2, -0.15) is 0 Å². The molecule has 0 aromatic carbocycles. The fourth-order valence-electron chi connectivity index (χ4n) is 0.862. The summed E-state index contributed by atoms with van der Waals surface area (Å²) in [7, 11) is 1.45. The lowest BCUT2D eigenvalue weighted by Crippen LogP contribution is -2.15. The van der Waals surface area contributed by atoms with Crippen LogP contribution in [0.1, 0.15) is 25.7 Å². The summed E-state index contributed by atoms with van der Waals surface area (Å²) in [5.41, 5.74) is 0. The van der Waals surface area contributed by atoms with Crippen LogP contribution in [-0.4, -0.2) is 40.9 Å². The van der Waals surface area contributed by atoms with Crippen LogP contribution in [0.2, 0.25) is 0 Å². The van der Waals surface area contributed by atoms with Crippen molar-refractivity contribution in [2.45, 2.75) is 32.0 Å². The SMILES string of the molecule is COC(O)CCCCCON(O)O. The Morgan fingerprint density at radius 2 is 1.92 bits per heavy atom. The second-order valence-electron chi connectivity index (χ2n) is 2.63. The number of aliphatic hydroxyl groups is 1. The minimum absolute atomic E-state index is 0.246. The first-order valence-corrected chi connectivity index (χ1v) is 4.18. The van der Waals surface area contributed by atoms with E-state index in [1.807, 2.05) is 0 Å². The molecule has 0 heterocycles. The Kier molecular flexibility index (Phi) is 8.21. The molecule has 80 valence electrons. The molecular weight excluding hydrogens is 178 g/mol. The second kappa shape index (κ2) is 8.36. The Morgan fingerprint density at radius 3 is 2.46 bits per heavy atom. The highest BCUT2D eigenvalue weighted by Gasteiger charge is 2.00. The molecule has 0 amide bonds. The number of hydrogen-bond donors (Lipinski definition) is 3. The molecule has 1 unspecified atom stereocenters. The van der Waals surface area contributed by atoms with Crippen LogP contribution in [0, 0.1) is 0 Å². The molecular formula is C7H17NO5. The summed E-state index contributed by atoms with van der Waals surface area (Å²) in [6, 6.07) is 0. The normalized spacial score (nSPS) is 13.6. The molecule has 1 atom stereocenters. The molecule has 0 spiro atoms. The van der Waals surface area contributed by atoms with Crippen LogP contribution in [0.15, 0.2) is 0 Å². The van der Waals surface area contributed by atoms with Crippen molar-refractivity contribution in [1.29, 1.82) is 0 Å². The highest BCUT2D eigenvalue weighted by molar-refractivity contribution is 4.44.